The molecule has 0 saturated heterocycles. The van der Waals surface area contributed by atoms with E-state index in [-0.39, 0.29) is 21.5 Å². The first-order valence-electron chi connectivity index (χ1n) is 6.15. The smallest absolute Gasteiger partial charge is 0.193 e. The van der Waals surface area contributed by atoms with Gasteiger partial charge in [0.2, 0.25) is 0 Å². The molecule has 2 aromatic carbocycles. The second kappa shape index (κ2) is 6.69. The van der Waals surface area contributed by atoms with Crippen LogP contribution in [0, 0.1) is 0 Å². The molecule has 0 amide bonds. The lowest BCUT2D eigenvalue weighted by atomic mass is 10.0. The van der Waals surface area contributed by atoms with Crippen LogP contribution in [-0.4, -0.2) is 12.4 Å². The largest absolute Gasteiger partial charge is 0.493 e. The third-order valence-electron chi connectivity index (χ3n) is 2.81. The molecule has 2 aromatic rings. The number of anilines is 1. The molecule has 0 aromatic heterocycles. The fourth-order valence-corrected chi connectivity index (χ4v) is 2.65. The molecule has 0 unspecified atom stereocenters. The number of nitrogen functional groups attached to an aromatic ring is 1. The number of rotatable bonds is 4. The number of carbonyl (C=O) groups excluding carboxylic acids is 1. The molecule has 0 aliphatic heterocycles. The van der Waals surface area contributed by atoms with Crippen molar-refractivity contribution in [2.45, 2.75) is 6.92 Å². The zero-order chi connectivity index (χ0) is 15.6. The van der Waals surface area contributed by atoms with Crippen molar-refractivity contribution in [3.63, 3.8) is 0 Å². The summed E-state index contributed by atoms with van der Waals surface area (Å²) in [6.45, 7) is 2.44. The van der Waals surface area contributed by atoms with E-state index < -0.39 is 0 Å². The van der Waals surface area contributed by atoms with Crippen LogP contribution in [0.25, 0.3) is 0 Å². The van der Waals surface area contributed by atoms with Crippen molar-refractivity contribution < 1.29 is 9.53 Å². The maximum absolute atomic E-state index is 12.5. The molecule has 0 aliphatic rings. The van der Waals surface area contributed by atoms with Gasteiger partial charge in [0.1, 0.15) is 5.75 Å². The standard InChI is InChI=1S/C15H12BrCl2NO2/c1-2-21-13-4-3-8(5-10(13)16)15(20)9-6-11(17)14(18)12(19)7-9/h3-7H,2,19H2,1H3. The van der Waals surface area contributed by atoms with Crippen molar-refractivity contribution in [1.82, 2.24) is 0 Å². The van der Waals surface area contributed by atoms with E-state index >= 15 is 0 Å². The van der Waals surface area contributed by atoms with Crippen LogP contribution in [0.15, 0.2) is 34.8 Å². The van der Waals surface area contributed by atoms with Crippen LogP contribution in [-0.2, 0) is 0 Å². The Balaban J connectivity index is 2.38. The Kier molecular flexibility index (Phi) is 5.14. The summed E-state index contributed by atoms with van der Waals surface area (Å²) >= 11 is 15.2. The van der Waals surface area contributed by atoms with E-state index in [1.54, 1.807) is 18.2 Å². The molecule has 0 bridgehead atoms. The summed E-state index contributed by atoms with van der Waals surface area (Å²) in [5.74, 6) is 0.492. The van der Waals surface area contributed by atoms with Crippen LogP contribution in [0.5, 0.6) is 5.75 Å². The van der Waals surface area contributed by atoms with E-state index in [0.717, 1.165) is 0 Å². The molecular formula is C15H12BrCl2NO2. The molecule has 2 rings (SSSR count). The lowest BCUT2D eigenvalue weighted by molar-refractivity contribution is 0.103. The number of carbonyl (C=O) groups is 1. The highest BCUT2D eigenvalue weighted by atomic mass is 79.9. The Labute approximate surface area is 141 Å². The van der Waals surface area contributed by atoms with Gasteiger partial charge in [-0.2, -0.15) is 0 Å². The highest BCUT2D eigenvalue weighted by molar-refractivity contribution is 9.10. The zero-order valence-corrected chi connectivity index (χ0v) is 14.2. The van der Waals surface area contributed by atoms with Crippen molar-refractivity contribution in [3.8, 4) is 5.75 Å². The molecule has 0 saturated carbocycles. The van der Waals surface area contributed by atoms with Crippen LogP contribution < -0.4 is 10.5 Å². The number of ketones is 1. The lowest BCUT2D eigenvalue weighted by Crippen LogP contribution is -2.03. The highest BCUT2D eigenvalue weighted by Crippen LogP contribution is 2.31. The van der Waals surface area contributed by atoms with E-state index in [9.17, 15) is 4.79 Å². The molecule has 0 aliphatic carbocycles. The summed E-state index contributed by atoms with van der Waals surface area (Å²) in [6, 6.07) is 8.15. The van der Waals surface area contributed by atoms with Gasteiger partial charge in [0.05, 0.1) is 26.8 Å². The average Bonchev–Trinajstić information content (AvgIpc) is 2.45. The van der Waals surface area contributed by atoms with Gasteiger partial charge >= 0.3 is 0 Å². The van der Waals surface area contributed by atoms with Crippen molar-refractivity contribution in [2.24, 2.45) is 0 Å². The molecule has 2 N–H and O–H groups in total. The molecule has 110 valence electrons. The summed E-state index contributed by atoms with van der Waals surface area (Å²) < 4.78 is 6.13. The number of ether oxygens (including phenoxy) is 1. The fraction of sp³-hybridized carbons (Fsp3) is 0.133. The molecule has 21 heavy (non-hydrogen) atoms. The molecule has 0 spiro atoms. The van der Waals surface area contributed by atoms with Crippen molar-refractivity contribution in [3.05, 3.63) is 56.0 Å². The minimum Gasteiger partial charge on any atom is -0.493 e. The van der Waals surface area contributed by atoms with Gasteiger partial charge in [-0.1, -0.05) is 23.2 Å². The maximum atomic E-state index is 12.5. The molecular weight excluding hydrogens is 377 g/mol. The van der Waals surface area contributed by atoms with Crippen LogP contribution in [0.2, 0.25) is 10.0 Å². The summed E-state index contributed by atoms with van der Waals surface area (Å²) in [7, 11) is 0. The summed E-state index contributed by atoms with van der Waals surface area (Å²) in [4.78, 5) is 12.5. The third-order valence-corrected chi connectivity index (χ3v) is 4.25. The second-order valence-corrected chi connectivity index (χ2v) is 5.91. The van der Waals surface area contributed by atoms with Gasteiger partial charge in [-0.15, -0.1) is 0 Å². The van der Waals surface area contributed by atoms with Gasteiger partial charge in [0.15, 0.2) is 5.78 Å². The van der Waals surface area contributed by atoms with Crippen molar-refractivity contribution in [2.75, 3.05) is 12.3 Å². The molecule has 3 nitrogen and oxygen atoms in total. The fourth-order valence-electron chi connectivity index (χ4n) is 1.82. The molecule has 0 atom stereocenters. The minimum absolute atomic E-state index is 0.191. The number of benzene rings is 2. The number of hydrogen-bond acceptors (Lipinski definition) is 3. The monoisotopic (exact) mass is 387 g/mol. The second-order valence-electron chi connectivity index (χ2n) is 4.27. The number of halogens is 3. The van der Waals surface area contributed by atoms with Crippen molar-refractivity contribution >= 4 is 50.6 Å². The Hall–Kier alpha value is -1.23. The summed E-state index contributed by atoms with van der Waals surface area (Å²) in [5.41, 5.74) is 6.90. The van der Waals surface area contributed by atoms with E-state index in [0.29, 0.717) is 28.0 Å². The van der Waals surface area contributed by atoms with Gasteiger partial charge < -0.3 is 10.5 Å². The predicted octanol–water partition coefficient (Wildman–Crippen LogP) is 4.97. The summed E-state index contributed by atoms with van der Waals surface area (Å²) in [5, 5.41) is 0.506. The zero-order valence-electron chi connectivity index (χ0n) is 11.1. The Bertz CT molecular complexity index is 681. The van der Waals surface area contributed by atoms with Crippen LogP contribution in [0.4, 0.5) is 5.69 Å². The topological polar surface area (TPSA) is 52.3 Å². The lowest BCUT2D eigenvalue weighted by Gasteiger charge is -2.09. The van der Waals surface area contributed by atoms with Gasteiger partial charge in [0, 0.05) is 11.1 Å². The predicted molar refractivity (Wildman–Crippen MR) is 89.6 cm³/mol. The first kappa shape index (κ1) is 16.1. The van der Waals surface area contributed by atoms with Crippen LogP contribution >= 0.6 is 39.1 Å². The SMILES string of the molecule is CCOc1ccc(C(=O)c2cc(N)c(Cl)c(Cl)c2)cc1Br. The van der Waals surface area contributed by atoms with Crippen LogP contribution in [0.1, 0.15) is 22.8 Å². The molecule has 6 heteroatoms. The normalized spacial score (nSPS) is 10.5. The molecule has 0 radical (unpaired) electrons. The highest BCUT2D eigenvalue weighted by Gasteiger charge is 2.14. The number of hydrogen-bond donors (Lipinski definition) is 1. The Morgan fingerprint density at radius 2 is 1.95 bits per heavy atom. The van der Waals surface area contributed by atoms with Crippen LogP contribution in [0.3, 0.4) is 0 Å². The average molecular weight is 389 g/mol. The van der Waals surface area contributed by atoms with E-state index in [4.69, 9.17) is 33.7 Å². The number of nitrogens with two attached hydrogens (primary N) is 1. The first-order valence-corrected chi connectivity index (χ1v) is 7.70. The van der Waals surface area contributed by atoms with E-state index in [1.807, 2.05) is 6.92 Å². The Morgan fingerprint density at radius 1 is 1.24 bits per heavy atom. The first-order chi connectivity index (χ1) is 9.93. The minimum atomic E-state index is -0.191. The van der Waals surface area contributed by atoms with Gasteiger partial charge in [-0.05, 0) is 53.2 Å². The van der Waals surface area contributed by atoms with E-state index in [1.165, 1.54) is 12.1 Å². The third kappa shape index (κ3) is 3.51. The van der Waals surface area contributed by atoms with E-state index in [2.05, 4.69) is 15.9 Å². The molecule has 0 heterocycles. The van der Waals surface area contributed by atoms with Gasteiger partial charge in [-0.25, -0.2) is 0 Å². The summed E-state index contributed by atoms with van der Waals surface area (Å²) in [6.07, 6.45) is 0. The van der Waals surface area contributed by atoms with Gasteiger partial charge in [0.25, 0.3) is 0 Å². The van der Waals surface area contributed by atoms with Gasteiger partial charge in [-0.3, -0.25) is 4.79 Å². The van der Waals surface area contributed by atoms with Crippen molar-refractivity contribution in [1.29, 1.82) is 0 Å². The molecule has 0 fully saturated rings. The maximum Gasteiger partial charge on any atom is 0.193 e. The Morgan fingerprint density at radius 3 is 2.52 bits per heavy atom. The quantitative estimate of drug-likeness (QED) is 0.594.